The summed E-state index contributed by atoms with van der Waals surface area (Å²) in [5.74, 6) is 0. The minimum atomic E-state index is 0.542. The van der Waals surface area contributed by atoms with Crippen LogP contribution in [0.3, 0.4) is 0 Å². The molecule has 0 N–H and O–H groups in total. The van der Waals surface area contributed by atoms with Crippen LogP contribution in [0.4, 0.5) is 0 Å². The van der Waals surface area contributed by atoms with Gasteiger partial charge in [0.25, 0.3) is 0 Å². The zero-order valence-electron chi connectivity index (χ0n) is 8.87. The number of rotatable bonds is 3. The molecule has 1 heteroatoms. The molecule has 0 aliphatic heterocycles. The van der Waals surface area contributed by atoms with Crippen molar-refractivity contribution in [3.8, 4) is 0 Å². The smallest absolute Gasteiger partial charge is 0.0717 e. The zero-order valence-corrected chi connectivity index (χ0v) is 8.87. The molecular formula is C13H20O. The molecule has 0 saturated heterocycles. The Morgan fingerprint density at radius 2 is 2.00 bits per heavy atom. The molecule has 0 unspecified atom stereocenters. The summed E-state index contributed by atoms with van der Waals surface area (Å²) in [6.07, 6.45) is 16.4. The van der Waals surface area contributed by atoms with Crippen LogP contribution >= 0.6 is 0 Å². The monoisotopic (exact) mass is 192 g/mol. The Labute approximate surface area is 86.8 Å². The lowest BCUT2D eigenvalue weighted by atomic mass is 9.98. The third kappa shape index (κ3) is 2.98. The lowest BCUT2D eigenvalue weighted by Gasteiger charge is -2.22. The van der Waals surface area contributed by atoms with E-state index < -0.39 is 0 Å². The molecule has 0 atom stereocenters. The molecule has 0 amide bonds. The van der Waals surface area contributed by atoms with E-state index in [-0.39, 0.29) is 0 Å². The molecule has 0 aromatic rings. The van der Waals surface area contributed by atoms with Gasteiger partial charge in [0.2, 0.25) is 0 Å². The van der Waals surface area contributed by atoms with Gasteiger partial charge in [-0.3, -0.25) is 0 Å². The highest BCUT2D eigenvalue weighted by Crippen LogP contribution is 2.21. The van der Waals surface area contributed by atoms with Crippen molar-refractivity contribution in [2.24, 2.45) is 0 Å². The quantitative estimate of drug-likeness (QED) is 0.663. The second-order valence-corrected chi connectivity index (χ2v) is 4.33. The summed E-state index contributed by atoms with van der Waals surface area (Å²) in [7, 11) is 0. The largest absolute Gasteiger partial charge is 0.374 e. The van der Waals surface area contributed by atoms with Crippen molar-refractivity contribution in [1.29, 1.82) is 0 Å². The van der Waals surface area contributed by atoms with Gasteiger partial charge in [-0.1, -0.05) is 37.5 Å². The van der Waals surface area contributed by atoms with E-state index in [0.29, 0.717) is 6.10 Å². The normalized spacial score (nSPS) is 23.6. The zero-order chi connectivity index (χ0) is 9.64. The maximum atomic E-state index is 5.90. The third-order valence-electron chi connectivity index (χ3n) is 3.11. The average molecular weight is 192 g/mol. The van der Waals surface area contributed by atoms with E-state index in [0.717, 1.165) is 6.61 Å². The first-order valence-corrected chi connectivity index (χ1v) is 5.92. The fourth-order valence-electron chi connectivity index (χ4n) is 2.22. The van der Waals surface area contributed by atoms with Crippen molar-refractivity contribution >= 4 is 0 Å². The molecule has 1 nitrogen and oxygen atoms in total. The Bertz CT molecular complexity index is 221. The van der Waals surface area contributed by atoms with E-state index in [1.165, 1.54) is 50.5 Å². The Balaban J connectivity index is 1.70. The summed E-state index contributed by atoms with van der Waals surface area (Å²) >= 11 is 0. The molecule has 1 saturated carbocycles. The lowest BCUT2D eigenvalue weighted by Crippen LogP contribution is -2.17. The van der Waals surface area contributed by atoms with E-state index in [2.05, 4.69) is 18.2 Å². The van der Waals surface area contributed by atoms with Crippen LogP contribution in [-0.2, 0) is 4.74 Å². The van der Waals surface area contributed by atoms with Crippen LogP contribution in [0, 0.1) is 0 Å². The van der Waals surface area contributed by atoms with Crippen molar-refractivity contribution in [2.75, 3.05) is 6.61 Å². The predicted octanol–water partition coefficient (Wildman–Crippen LogP) is 3.61. The summed E-state index contributed by atoms with van der Waals surface area (Å²) < 4.78 is 5.90. The standard InChI is InChI=1S/C13H20O/c1-3-7-12(8-4-1)11-14-13-9-5-2-6-10-13/h3,7-8,13H,1-2,4-6,9-11H2. The van der Waals surface area contributed by atoms with Gasteiger partial charge in [-0.2, -0.15) is 0 Å². The highest BCUT2D eigenvalue weighted by atomic mass is 16.5. The Kier molecular flexibility index (Phi) is 3.81. The average Bonchev–Trinajstić information content (AvgIpc) is 2.29. The molecule has 0 spiro atoms. The molecule has 0 bridgehead atoms. The molecule has 0 aromatic heterocycles. The van der Waals surface area contributed by atoms with Gasteiger partial charge in [0, 0.05) is 0 Å². The van der Waals surface area contributed by atoms with Gasteiger partial charge < -0.3 is 4.74 Å². The highest BCUT2D eigenvalue weighted by molar-refractivity contribution is 5.22. The lowest BCUT2D eigenvalue weighted by molar-refractivity contribution is 0.0436. The highest BCUT2D eigenvalue weighted by Gasteiger charge is 2.13. The molecule has 0 aromatic carbocycles. The molecule has 0 radical (unpaired) electrons. The van der Waals surface area contributed by atoms with E-state index in [4.69, 9.17) is 4.74 Å². The summed E-state index contributed by atoms with van der Waals surface area (Å²) in [4.78, 5) is 0. The first-order valence-electron chi connectivity index (χ1n) is 5.92. The van der Waals surface area contributed by atoms with E-state index in [9.17, 15) is 0 Å². The molecule has 14 heavy (non-hydrogen) atoms. The second kappa shape index (κ2) is 5.35. The van der Waals surface area contributed by atoms with Gasteiger partial charge in [0.15, 0.2) is 0 Å². The van der Waals surface area contributed by atoms with Gasteiger partial charge in [-0.15, -0.1) is 0 Å². The van der Waals surface area contributed by atoms with E-state index in [1.807, 2.05) is 0 Å². The number of hydrogen-bond acceptors (Lipinski definition) is 1. The maximum Gasteiger partial charge on any atom is 0.0717 e. The number of ether oxygens (including phenoxy) is 1. The summed E-state index contributed by atoms with van der Waals surface area (Å²) in [5, 5.41) is 0. The summed E-state index contributed by atoms with van der Waals surface area (Å²) in [6, 6.07) is 0. The van der Waals surface area contributed by atoms with Crippen molar-refractivity contribution in [1.82, 2.24) is 0 Å². The van der Waals surface area contributed by atoms with Crippen LogP contribution < -0.4 is 0 Å². The van der Waals surface area contributed by atoms with Gasteiger partial charge in [0.1, 0.15) is 0 Å². The molecule has 2 aliphatic carbocycles. The first kappa shape index (κ1) is 9.97. The first-order chi connectivity index (χ1) is 6.95. The third-order valence-corrected chi connectivity index (χ3v) is 3.11. The number of hydrogen-bond donors (Lipinski definition) is 0. The predicted molar refractivity (Wildman–Crippen MR) is 59.3 cm³/mol. The van der Waals surface area contributed by atoms with Crippen LogP contribution in [0.15, 0.2) is 23.8 Å². The minimum Gasteiger partial charge on any atom is -0.374 e. The van der Waals surface area contributed by atoms with Crippen LogP contribution in [0.1, 0.15) is 44.9 Å². The van der Waals surface area contributed by atoms with Gasteiger partial charge in [0.05, 0.1) is 12.7 Å². The Morgan fingerprint density at radius 1 is 1.14 bits per heavy atom. The van der Waals surface area contributed by atoms with E-state index in [1.54, 1.807) is 0 Å². The topological polar surface area (TPSA) is 9.23 Å². The minimum absolute atomic E-state index is 0.542. The Morgan fingerprint density at radius 3 is 2.71 bits per heavy atom. The second-order valence-electron chi connectivity index (χ2n) is 4.33. The molecule has 2 rings (SSSR count). The summed E-state index contributed by atoms with van der Waals surface area (Å²) in [6.45, 7) is 0.834. The van der Waals surface area contributed by atoms with Crippen LogP contribution in [-0.4, -0.2) is 12.7 Å². The van der Waals surface area contributed by atoms with Crippen LogP contribution in [0.25, 0.3) is 0 Å². The summed E-state index contributed by atoms with van der Waals surface area (Å²) in [5.41, 5.74) is 1.38. The van der Waals surface area contributed by atoms with Crippen LogP contribution in [0.2, 0.25) is 0 Å². The molecule has 1 fully saturated rings. The fraction of sp³-hybridized carbons (Fsp3) is 0.692. The number of allylic oxidation sites excluding steroid dienone is 2. The maximum absolute atomic E-state index is 5.90. The molecule has 2 aliphatic rings. The Hall–Kier alpha value is -0.560. The van der Waals surface area contributed by atoms with Gasteiger partial charge in [-0.05, 0) is 31.3 Å². The van der Waals surface area contributed by atoms with Crippen LogP contribution in [0.5, 0.6) is 0 Å². The molecule has 0 heterocycles. The fourth-order valence-corrected chi connectivity index (χ4v) is 2.22. The van der Waals surface area contributed by atoms with Crippen molar-refractivity contribution in [2.45, 2.75) is 51.0 Å². The van der Waals surface area contributed by atoms with Gasteiger partial charge in [-0.25, -0.2) is 0 Å². The van der Waals surface area contributed by atoms with Gasteiger partial charge >= 0.3 is 0 Å². The van der Waals surface area contributed by atoms with Crippen molar-refractivity contribution in [3.05, 3.63) is 23.8 Å². The SMILES string of the molecule is C1=CC(COC2CCCCC2)=CCC1. The van der Waals surface area contributed by atoms with E-state index >= 15 is 0 Å². The molecular weight excluding hydrogens is 172 g/mol. The van der Waals surface area contributed by atoms with Crippen molar-refractivity contribution < 1.29 is 4.74 Å². The molecule has 78 valence electrons. The van der Waals surface area contributed by atoms with Crippen molar-refractivity contribution in [3.63, 3.8) is 0 Å².